The van der Waals surface area contributed by atoms with Crippen molar-refractivity contribution in [3.63, 3.8) is 0 Å². The number of ether oxygens (including phenoxy) is 1. The monoisotopic (exact) mass is 657 g/mol. The number of benzene rings is 7. The minimum atomic E-state index is -0.937. The Morgan fingerprint density at radius 2 is 1.00 bits per heavy atom. The van der Waals surface area contributed by atoms with Crippen molar-refractivity contribution in [2.45, 2.75) is 0 Å². The number of carboxylic acid groups (broad SMARTS) is 1. The molecule has 1 N–H and O–H groups in total. The van der Waals surface area contributed by atoms with Gasteiger partial charge in [0.05, 0.1) is 5.56 Å². The molecule has 51 heavy (non-hydrogen) atoms. The van der Waals surface area contributed by atoms with Crippen molar-refractivity contribution in [3.05, 3.63) is 169 Å². The summed E-state index contributed by atoms with van der Waals surface area (Å²) < 4.78 is 5.06. The Balaban J connectivity index is 1.28. The van der Waals surface area contributed by atoms with Crippen molar-refractivity contribution in [2.75, 3.05) is 4.90 Å². The van der Waals surface area contributed by atoms with Crippen LogP contribution in [-0.2, 0) is 4.79 Å². The molecule has 0 atom stereocenters. The highest BCUT2D eigenvalue weighted by atomic mass is 16.5. The van der Waals surface area contributed by atoms with Crippen LogP contribution in [0.15, 0.2) is 164 Å². The molecule has 9 rings (SSSR count). The summed E-state index contributed by atoms with van der Waals surface area (Å²) in [5.74, 6) is -0.432. The average Bonchev–Trinajstić information content (AvgIpc) is 3.18. The van der Waals surface area contributed by atoms with Crippen molar-refractivity contribution < 1.29 is 19.4 Å². The third-order valence-electron chi connectivity index (χ3n) is 10.2. The zero-order chi connectivity index (χ0) is 34.5. The molecule has 0 saturated heterocycles. The van der Waals surface area contributed by atoms with Crippen LogP contribution in [0.5, 0.6) is 5.75 Å². The number of hydrogen-bond acceptors (Lipinski definition) is 4. The predicted molar refractivity (Wildman–Crippen MR) is 208 cm³/mol. The molecule has 0 bridgehead atoms. The third-order valence-corrected chi connectivity index (χ3v) is 10.2. The summed E-state index contributed by atoms with van der Waals surface area (Å²) in [6.07, 6.45) is 0. The summed E-state index contributed by atoms with van der Waals surface area (Å²) in [5, 5.41) is 9.50. The smallest absolute Gasteiger partial charge is 0.335 e. The highest BCUT2D eigenvalue weighted by Gasteiger charge is 2.43. The van der Waals surface area contributed by atoms with Crippen LogP contribution in [0, 0.1) is 0 Å². The third kappa shape index (κ3) is 5.13. The second-order valence-electron chi connectivity index (χ2n) is 13.0. The van der Waals surface area contributed by atoms with E-state index in [0.29, 0.717) is 12.2 Å². The van der Waals surface area contributed by atoms with Crippen LogP contribution < -0.4 is 42.4 Å². The van der Waals surface area contributed by atoms with E-state index < -0.39 is 5.97 Å². The van der Waals surface area contributed by atoms with Crippen LogP contribution in [0.1, 0.15) is 10.4 Å². The quantitative estimate of drug-likeness (QED) is 0.184. The number of rotatable bonds is 7. The number of anilines is 3. The fourth-order valence-electron chi connectivity index (χ4n) is 7.94. The molecular formula is C44H29B2NO4. The van der Waals surface area contributed by atoms with Gasteiger partial charge in [-0.2, -0.15) is 0 Å². The second kappa shape index (κ2) is 12.4. The van der Waals surface area contributed by atoms with E-state index in [1.807, 2.05) is 36.4 Å². The van der Waals surface area contributed by atoms with Gasteiger partial charge < -0.3 is 14.7 Å². The summed E-state index contributed by atoms with van der Waals surface area (Å²) in [6.45, 7) is 0.422. The molecule has 0 amide bonds. The number of aromatic carboxylic acids is 1. The summed E-state index contributed by atoms with van der Waals surface area (Å²) in [5.41, 5.74) is 15.1. The van der Waals surface area contributed by atoms with E-state index in [-0.39, 0.29) is 19.0 Å². The Morgan fingerprint density at radius 3 is 1.47 bits per heavy atom. The van der Waals surface area contributed by atoms with E-state index in [1.165, 1.54) is 38.5 Å². The van der Waals surface area contributed by atoms with Crippen molar-refractivity contribution in [2.24, 2.45) is 0 Å². The first kappa shape index (κ1) is 30.5. The Morgan fingerprint density at radius 1 is 0.529 bits per heavy atom. The molecule has 5 nitrogen and oxygen atoms in total. The lowest BCUT2D eigenvalue weighted by Gasteiger charge is -2.44. The van der Waals surface area contributed by atoms with Crippen molar-refractivity contribution in [1.29, 1.82) is 0 Å². The van der Waals surface area contributed by atoms with E-state index >= 15 is 0 Å². The number of carbonyl (C=O) groups is 2. The highest BCUT2D eigenvalue weighted by Crippen LogP contribution is 2.39. The van der Waals surface area contributed by atoms with Crippen LogP contribution in [0.2, 0.25) is 0 Å². The van der Waals surface area contributed by atoms with Gasteiger partial charge in [-0.15, -0.1) is 0 Å². The molecule has 2 heterocycles. The standard InChI is InChI=1S/C44H29B2NO4/c48-28-51-36-22-18-30(19-23-36)33-21-25-42-40(27-33)46(35-10-5-2-6-11-35)38-13-7-12-37-43(38)47(42)41-24-20-32(29-14-16-31(17-15-29)44(49)50)26-39(41)45(37)34-8-3-1-4-9-34/h1-28H,(H,49,50). The van der Waals surface area contributed by atoms with Gasteiger partial charge in [-0.3, -0.25) is 4.79 Å². The number of hydrogen-bond donors (Lipinski definition) is 1. The molecule has 0 aliphatic carbocycles. The summed E-state index contributed by atoms with van der Waals surface area (Å²) in [6, 6.07) is 56.2. The maximum Gasteiger partial charge on any atom is 0.335 e. The van der Waals surface area contributed by atoms with E-state index in [9.17, 15) is 14.7 Å². The molecule has 2 aliphatic heterocycles. The molecule has 7 aromatic rings. The lowest BCUT2D eigenvalue weighted by Crippen LogP contribution is -2.65. The number of carbonyl (C=O) groups excluding carboxylic acids is 1. The molecular weight excluding hydrogens is 628 g/mol. The first-order chi connectivity index (χ1) is 25.1. The van der Waals surface area contributed by atoms with Gasteiger partial charge in [-0.1, -0.05) is 138 Å². The molecule has 0 fully saturated rings. The fraction of sp³-hybridized carbons (Fsp3) is 0. The topological polar surface area (TPSA) is 66.8 Å². The van der Waals surface area contributed by atoms with Gasteiger partial charge >= 0.3 is 5.97 Å². The molecule has 0 unspecified atom stereocenters. The second-order valence-corrected chi connectivity index (χ2v) is 13.0. The van der Waals surface area contributed by atoms with E-state index in [1.54, 1.807) is 12.1 Å². The van der Waals surface area contributed by atoms with Crippen LogP contribution in [0.4, 0.5) is 17.1 Å². The first-order valence-corrected chi connectivity index (χ1v) is 16.9. The first-order valence-electron chi connectivity index (χ1n) is 16.9. The highest BCUT2D eigenvalue weighted by molar-refractivity contribution is 7.02. The average molecular weight is 657 g/mol. The Labute approximate surface area is 296 Å². The number of para-hydroxylation sites is 1. The van der Waals surface area contributed by atoms with Crippen LogP contribution >= 0.6 is 0 Å². The Bertz CT molecular complexity index is 2450. The number of nitrogens with zero attached hydrogens (tertiary/aromatic N) is 1. The van der Waals surface area contributed by atoms with Crippen LogP contribution in [0.25, 0.3) is 22.3 Å². The van der Waals surface area contributed by atoms with Crippen LogP contribution in [-0.4, -0.2) is 31.0 Å². The maximum absolute atomic E-state index is 11.6. The van der Waals surface area contributed by atoms with Gasteiger partial charge in [-0.25, -0.2) is 4.79 Å². The predicted octanol–water partition coefficient (Wildman–Crippen LogP) is 5.38. The molecule has 2 aliphatic rings. The van der Waals surface area contributed by atoms with Gasteiger partial charge in [0, 0.05) is 17.1 Å². The molecule has 0 radical (unpaired) electrons. The molecule has 0 saturated carbocycles. The van der Waals surface area contributed by atoms with Crippen molar-refractivity contribution >= 4 is 75.7 Å². The summed E-state index contributed by atoms with van der Waals surface area (Å²) >= 11 is 0. The zero-order valence-corrected chi connectivity index (χ0v) is 27.4. The minimum Gasteiger partial charge on any atom is -0.478 e. The Kier molecular flexibility index (Phi) is 7.40. The van der Waals surface area contributed by atoms with E-state index in [0.717, 1.165) is 33.6 Å². The van der Waals surface area contributed by atoms with Gasteiger partial charge in [0.1, 0.15) is 5.75 Å². The summed E-state index contributed by atoms with van der Waals surface area (Å²) in [7, 11) is 0. The largest absolute Gasteiger partial charge is 0.478 e. The lowest BCUT2D eigenvalue weighted by atomic mass is 9.30. The van der Waals surface area contributed by atoms with Crippen molar-refractivity contribution in [3.8, 4) is 28.0 Å². The van der Waals surface area contributed by atoms with Gasteiger partial charge in [-0.05, 0) is 80.5 Å². The molecule has 7 aromatic carbocycles. The molecule has 7 heteroatoms. The normalized spacial score (nSPS) is 12.4. The maximum atomic E-state index is 11.6. The minimum absolute atomic E-state index is 0.00461. The van der Waals surface area contributed by atoms with Gasteiger partial charge in [0.2, 0.25) is 13.4 Å². The lowest BCUT2D eigenvalue weighted by molar-refractivity contribution is -0.120. The zero-order valence-electron chi connectivity index (χ0n) is 27.4. The van der Waals surface area contributed by atoms with E-state index in [2.05, 4.69) is 120 Å². The SMILES string of the molecule is O=COc1ccc(-c2ccc3c(c2)B(c2ccccc2)c2cccc4c2N3c2ccc(-c3ccc(C(=O)O)cc3)cc2B4c2ccccc2)cc1. The fourth-order valence-corrected chi connectivity index (χ4v) is 7.94. The summed E-state index contributed by atoms with van der Waals surface area (Å²) in [4.78, 5) is 24.9. The van der Waals surface area contributed by atoms with Crippen molar-refractivity contribution in [1.82, 2.24) is 0 Å². The van der Waals surface area contributed by atoms with Gasteiger partial charge in [0.15, 0.2) is 0 Å². The van der Waals surface area contributed by atoms with Crippen LogP contribution in [0.3, 0.4) is 0 Å². The molecule has 0 aromatic heterocycles. The molecule has 0 spiro atoms. The Hall–Kier alpha value is -6.59. The van der Waals surface area contributed by atoms with Gasteiger partial charge in [0.25, 0.3) is 6.47 Å². The number of fused-ring (bicyclic) bond motifs is 4. The number of carboxylic acids is 1. The van der Waals surface area contributed by atoms with E-state index in [4.69, 9.17) is 4.74 Å². The molecule has 240 valence electrons.